The van der Waals surface area contributed by atoms with Gasteiger partial charge in [0, 0.05) is 31.0 Å². The molecule has 3 heterocycles. The third-order valence-corrected chi connectivity index (χ3v) is 8.37. The Morgan fingerprint density at radius 2 is 1.67 bits per heavy atom. The van der Waals surface area contributed by atoms with Crippen LogP contribution in [0.15, 0.2) is 65.7 Å². The average molecular weight is 517 g/mol. The third-order valence-electron chi connectivity index (χ3n) is 6.46. The zero-order chi connectivity index (χ0) is 25.5. The molecule has 2 aromatic carbocycles. The molecule has 0 bridgehead atoms. The smallest absolute Gasteiger partial charge is 0.367 e. The van der Waals surface area contributed by atoms with Crippen molar-refractivity contribution >= 4 is 27.4 Å². The molecule has 36 heavy (non-hydrogen) atoms. The van der Waals surface area contributed by atoms with Crippen LogP contribution in [0.2, 0.25) is 0 Å². The number of sulfonamides is 1. The van der Waals surface area contributed by atoms with Crippen molar-refractivity contribution in [3.8, 4) is 11.1 Å². The Morgan fingerprint density at radius 3 is 2.31 bits per heavy atom. The first-order chi connectivity index (χ1) is 17.1. The highest BCUT2D eigenvalue weighted by Crippen LogP contribution is 2.31. The summed E-state index contributed by atoms with van der Waals surface area (Å²) < 4.78 is 65.9. The minimum absolute atomic E-state index is 0.0433. The Kier molecular flexibility index (Phi) is 6.21. The van der Waals surface area contributed by atoms with Crippen LogP contribution in [0.1, 0.15) is 24.0 Å². The molecule has 11 heteroatoms. The van der Waals surface area contributed by atoms with Crippen LogP contribution in [0.25, 0.3) is 11.1 Å². The van der Waals surface area contributed by atoms with E-state index in [-0.39, 0.29) is 29.9 Å². The van der Waals surface area contributed by atoms with Crippen molar-refractivity contribution in [3.63, 3.8) is 0 Å². The van der Waals surface area contributed by atoms with E-state index in [1.165, 1.54) is 10.4 Å². The molecule has 7 nitrogen and oxygen atoms in total. The number of amides is 1. The van der Waals surface area contributed by atoms with Crippen LogP contribution >= 0.6 is 0 Å². The normalized spacial score (nSPS) is 17.0. The number of pyridine rings is 1. The highest BCUT2D eigenvalue weighted by Gasteiger charge is 2.32. The molecule has 0 saturated carbocycles. The lowest BCUT2D eigenvalue weighted by atomic mass is 10.0. The molecule has 1 amide bonds. The number of carbonyl (C=O) groups excluding carboxylic acids is 1. The van der Waals surface area contributed by atoms with Gasteiger partial charge >= 0.3 is 6.18 Å². The number of fused-ring (bicyclic) bond motifs is 1. The SMILES string of the molecule is O=C1Cc2ccc(-c3ccc(S(=O)(=O)N4CCC(Nc5ccc(C(F)(F)F)cn5)CC4)cc3)cc2N1. The second kappa shape index (κ2) is 9.21. The van der Waals surface area contributed by atoms with Crippen molar-refractivity contribution in [1.29, 1.82) is 0 Å². The fraction of sp³-hybridized carbons (Fsp3) is 0.280. The quantitative estimate of drug-likeness (QED) is 0.520. The lowest BCUT2D eigenvalue weighted by Crippen LogP contribution is -2.42. The molecule has 1 saturated heterocycles. The Labute approximate surface area is 206 Å². The van der Waals surface area contributed by atoms with Gasteiger partial charge in [0.1, 0.15) is 5.82 Å². The average Bonchev–Trinajstić information content (AvgIpc) is 3.23. The number of hydrogen-bond donors (Lipinski definition) is 2. The molecular weight excluding hydrogens is 493 g/mol. The first-order valence-corrected chi connectivity index (χ1v) is 12.9. The van der Waals surface area contributed by atoms with Gasteiger partial charge in [-0.3, -0.25) is 4.79 Å². The van der Waals surface area contributed by atoms with Gasteiger partial charge in [0.05, 0.1) is 16.9 Å². The first kappa shape index (κ1) is 24.3. The zero-order valence-corrected chi connectivity index (χ0v) is 19.9. The van der Waals surface area contributed by atoms with Crippen molar-refractivity contribution < 1.29 is 26.4 Å². The highest BCUT2D eigenvalue weighted by atomic mass is 32.2. The van der Waals surface area contributed by atoms with Gasteiger partial charge in [-0.05, 0) is 59.9 Å². The van der Waals surface area contributed by atoms with Crippen LogP contribution in [-0.4, -0.2) is 42.7 Å². The number of aromatic nitrogens is 1. The monoisotopic (exact) mass is 516 g/mol. The standard InChI is InChI=1S/C25H23F3N4O3S/c26-25(27,28)19-5-8-23(29-15-19)30-20-9-11-32(12-10-20)36(34,35)21-6-3-16(4-7-21)17-1-2-18-14-24(33)31-22(18)13-17/h1-8,13,15,20H,9-12,14H2,(H,29,30)(H,31,33). The fourth-order valence-corrected chi connectivity index (χ4v) is 5.93. The molecule has 2 N–H and O–H groups in total. The number of halogens is 3. The van der Waals surface area contributed by atoms with Crippen LogP contribution in [0, 0.1) is 0 Å². The third kappa shape index (κ3) is 4.93. The predicted octanol–water partition coefficient (Wildman–Crippen LogP) is 4.53. The van der Waals surface area contributed by atoms with E-state index in [4.69, 9.17) is 0 Å². The maximum Gasteiger partial charge on any atom is 0.417 e. The molecular formula is C25H23F3N4O3S. The van der Waals surface area contributed by atoms with Gasteiger partial charge in [0.2, 0.25) is 15.9 Å². The van der Waals surface area contributed by atoms with Crippen molar-refractivity contribution in [2.75, 3.05) is 23.7 Å². The lowest BCUT2D eigenvalue weighted by molar-refractivity contribution is -0.137. The van der Waals surface area contributed by atoms with E-state index >= 15 is 0 Å². The Balaban J connectivity index is 1.21. The summed E-state index contributed by atoms with van der Waals surface area (Å²) in [6.07, 6.45) is -2.30. The first-order valence-electron chi connectivity index (χ1n) is 11.4. The molecule has 5 rings (SSSR count). The summed E-state index contributed by atoms with van der Waals surface area (Å²) in [6.45, 7) is 0.569. The number of anilines is 2. The van der Waals surface area contributed by atoms with E-state index in [0.717, 1.165) is 34.6 Å². The number of hydrogen-bond acceptors (Lipinski definition) is 5. The van der Waals surface area contributed by atoms with Crippen molar-refractivity contribution in [1.82, 2.24) is 9.29 Å². The molecule has 0 radical (unpaired) electrons. The van der Waals surface area contributed by atoms with E-state index in [0.29, 0.717) is 25.1 Å². The summed E-state index contributed by atoms with van der Waals surface area (Å²) in [6, 6.07) is 14.5. The molecule has 0 aliphatic carbocycles. The lowest BCUT2D eigenvalue weighted by Gasteiger charge is -2.32. The minimum atomic E-state index is -4.44. The minimum Gasteiger partial charge on any atom is -0.367 e. The van der Waals surface area contributed by atoms with Gasteiger partial charge in [0.25, 0.3) is 0 Å². The van der Waals surface area contributed by atoms with Crippen LogP contribution in [0.3, 0.4) is 0 Å². The number of nitrogens with zero attached hydrogens (tertiary/aromatic N) is 2. The zero-order valence-electron chi connectivity index (χ0n) is 19.0. The van der Waals surface area contributed by atoms with E-state index in [2.05, 4.69) is 15.6 Å². The Morgan fingerprint density at radius 1 is 0.972 bits per heavy atom. The van der Waals surface area contributed by atoms with Gasteiger partial charge < -0.3 is 10.6 Å². The highest BCUT2D eigenvalue weighted by molar-refractivity contribution is 7.89. The van der Waals surface area contributed by atoms with E-state index < -0.39 is 21.8 Å². The van der Waals surface area contributed by atoms with Crippen LogP contribution in [-0.2, 0) is 27.4 Å². The topological polar surface area (TPSA) is 91.4 Å². The molecule has 2 aliphatic heterocycles. The molecule has 0 atom stereocenters. The summed E-state index contributed by atoms with van der Waals surface area (Å²) in [5, 5.41) is 5.91. The van der Waals surface area contributed by atoms with E-state index in [9.17, 15) is 26.4 Å². The predicted molar refractivity (Wildman–Crippen MR) is 129 cm³/mol. The van der Waals surface area contributed by atoms with Crippen LogP contribution < -0.4 is 10.6 Å². The van der Waals surface area contributed by atoms with Gasteiger partial charge in [-0.15, -0.1) is 0 Å². The summed E-state index contributed by atoms with van der Waals surface area (Å²) in [5.74, 6) is 0.282. The molecule has 0 spiro atoms. The second-order valence-corrected chi connectivity index (χ2v) is 10.8. The number of nitrogens with one attached hydrogen (secondary N) is 2. The fourth-order valence-electron chi connectivity index (χ4n) is 4.46. The van der Waals surface area contributed by atoms with E-state index in [1.807, 2.05) is 18.2 Å². The Bertz CT molecular complexity index is 1380. The molecule has 188 valence electrons. The van der Waals surface area contributed by atoms with Gasteiger partial charge in [-0.2, -0.15) is 17.5 Å². The van der Waals surface area contributed by atoms with E-state index in [1.54, 1.807) is 24.3 Å². The number of piperidine rings is 1. The number of alkyl halides is 3. The van der Waals surface area contributed by atoms with Crippen molar-refractivity contribution in [2.24, 2.45) is 0 Å². The molecule has 1 fully saturated rings. The second-order valence-electron chi connectivity index (χ2n) is 8.87. The summed E-state index contributed by atoms with van der Waals surface area (Å²) in [4.78, 5) is 15.6. The van der Waals surface area contributed by atoms with Crippen LogP contribution in [0.5, 0.6) is 0 Å². The Hall–Kier alpha value is -3.44. The van der Waals surface area contributed by atoms with Crippen molar-refractivity contribution in [3.05, 3.63) is 71.9 Å². The molecule has 2 aliphatic rings. The number of rotatable bonds is 5. The van der Waals surface area contributed by atoms with Gasteiger partial charge in [-0.1, -0.05) is 24.3 Å². The number of benzene rings is 2. The van der Waals surface area contributed by atoms with Crippen LogP contribution in [0.4, 0.5) is 24.7 Å². The molecule has 1 aromatic heterocycles. The summed E-state index contributed by atoms with van der Waals surface area (Å²) >= 11 is 0. The summed E-state index contributed by atoms with van der Waals surface area (Å²) in [5.41, 5.74) is 2.61. The van der Waals surface area contributed by atoms with Gasteiger partial charge in [-0.25, -0.2) is 13.4 Å². The number of carbonyl (C=O) groups is 1. The summed E-state index contributed by atoms with van der Waals surface area (Å²) in [7, 11) is -3.69. The maximum absolute atomic E-state index is 13.2. The largest absolute Gasteiger partial charge is 0.417 e. The van der Waals surface area contributed by atoms with Crippen molar-refractivity contribution in [2.45, 2.75) is 36.4 Å². The molecule has 0 unspecified atom stereocenters. The van der Waals surface area contributed by atoms with Gasteiger partial charge in [0.15, 0.2) is 0 Å². The molecule has 3 aromatic rings. The maximum atomic E-state index is 13.2.